The van der Waals surface area contributed by atoms with E-state index in [9.17, 15) is 9.59 Å². The number of anilines is 1. The van der Waals surface area contributed by atoms with E-state index >= 15 is 0 Å². The van der Waals surface area contributed by atoms with Crippen LogP contribution in [0.25, 0.3) is 5.69 Å². The van der Waals surface area contributed by atoms with E-state index in [-0.39, 0.29) is 18.9 Å². The average Bonchev–Trinajstić information content (AvgIpc) is 3.46. The number of ether oxygens (including phenoxy) is 1. The van der Waals surface area contributed by atoms with E-state index in [1.54, 1.807) is 17.5 Å². The Hall–Kier alpha value is -3.71. The molecule has 0 aliphatic rings. The second kappa shape index (κ2) is 9.40. The number of carbonyl (C=O) groups is 2. The normalized spacial score (nSPS) is 10.6. The minimum absolute atomic E-state index is 0.0636. The van der Waals surface area contributed by atoms with E-state index in [1.165, 1.54) is 11.3 Å². The van der Waals surface area contributed by atoms with Crippen molar-refractivity contribution in [2.45, 2.75) is 20.0 Å². The Morgan fingerprint density at radius 3 is 2.52 bits per heavy atom. The van der Waals surface area contributed by atoms with Crippen molar-refractivity contribution < 1.29 is 14.3 Å². The molecule has 0 saturated heterocycles. The molecule has 2 aromatic carbocycles. The maximum atomic E-state index is 12.3. The number of nitrogens with one attached hydrogen (secondary N) is 1. The van der Waals surface area contributed by atoms with Gasteiger partial charge in [0.05, 0.1) is 17.7 Å². The van der Waals surface area contributed by atoms with Gasteiger partial charge in [0.25, 0.3) is 0 Å². The molecule has 31 heavy (non-hydrogen) atoms. The standard InChI is InChI=1S/C24H21N3O3S/c1-17-6-2-3-7-21(17)26-22(28)14-23-25-19(16-31-23)15-30-24(29)18-8-10-20(11-9-18)27-12-4-5-13-27/h2-13,16H,14-15H2,1H3,(H,26,28). The van der Waals surface area contributed by atoms with Gasteiger partial charge in [0.1, 0.15) is 11.6 Å². The van der Waals surface area contributed by atoms with Crippen molar-refractivity contribution in [2.24, 2.45) is 0 Å². The number of hydrogen-bond donors (Lipinski definition) is 1. The Labute approximate surface area is 184 Å². The van der Waals surface area contributed by atoms with Crippen LogP contribution in [0.3, 0.4) is 0 Å². The predicted octanol–water partition coefficient (Wildman–Crippen LogP) is 4.78. The number of thiazole rings is 1. The van der Waals surface area contributed by atoms with Gasteiger partial charge in [0.2, 0.25) is 5.91 Å². The Balaban J connectivity index is 1.29. The summed E-state index contributed by atoms with van der Waals surface area (Å²) in [5.74, 6) is -0.541. The fourth-order valence-corrected chi connectivity index (χ4v) is 3.82. The molecule has 1 N–H and O–H groups in total. The van der Waals surface area contributed by atoms with Gasteiger partial charge in [-0.15, -0.1) is 11.3 Å². The molecule has 4 rings (SSSR count). The molecule has 0 atom stereocenters. The number of rotatable bonds is 7. The third-order valence-electron chi connectivity index (χ3n) is 4.69. The quantitative estimate of drug-likeness (QED) is 0.428. The topological polar surface area (TPSA) is 73.2 Å². The van der Waals surface area contributed by atoms with Gasteiger partial charge in [-0.2, -0.15) is 0 Å². The number of nitrogens with zero attached hydrogens (tertiary/aromatic N) is 2. The summed E-state index contributed by atoms with van der Waals surface area (Å²) in [5, 5.41) is 5.37. The molecule has 0 aliphatic carbocycles. The summed E-state index contributed by atoms with van der Waals surface area (Å²) in [6.07, 6.45) is 4.05. The first-order valence-electron chi connectivity index (χ1n) is 9.78. The van der Waals surface area contributed by atoms with Crippen molar-refractivity contribution >= 4 is 28.9 Å². The van der Waals surface area contributed by atoms with E-state index < -0.39 is 5.97 Å². The summed E-state index contributed by atoms with van der Waals surface area (Å²) >= 11 is 1.37. The highest BCUT2D eigenvalue weighted by molar-refractivity contribution is 7.09. The Bertz CT molecular complexity index is 1180. The van der Waals surface area contributed by atoms with Crippen LogP contribution in [-0.2, 0) is 22.6 Å². The second-order valence-electron chi connectivity index (χ2n) is 6.99. The van der Waals surface area contributed by atoms with Crippen LogP contribution in [0.1, 0.15) is 26.6 Å². The van der Waals surface area contributed by atoms with E-state index in [1.807, 2.05) is 72.4 Å². The number of benzene rings is 2. The number of para-hydroxylation sites is 1. The minimum Gasteiger partial charge on any atom is -0.456 e. The van der Waals surface area contributed by atoms with Crippen molar-refractivity contribution in [3.05, 3.63) is 100 Å². The third-order valence-corrected chi connectivity index (χ3v) is 5.58. The van der Waals surface area contributed by atoms with E-state index in [0.29, 0.717) is 16.3 Å². The fourth-order valence-electron chi connectivity index (χ4n) is 3.04. The lowest BCUT2D eigenvalue weighted by molar-refractivity contribution is -0.115. The zero-order chi connectivity index (χ0) is 21.6. The largest absolute Gasteiger partial charge is 0.456 e. The molecular weight excluding hydrogens is 410 g/mol. The molecule has 0 aliphatic heterocycles. The Kier molecular flexibility index (Phi) is 6.24. The zero-order valence-electron chi connectivity index (χ0n) is 16.9. The minimum atomic E-state index is -0.411. The number of esters is 1. The van der Waals surface area contributed by atoms with Gasteiger partial charge in [-0.25, -0.2) is 9.78 Å². The van der Waals surface area contributed by atoms with Gasteiger partial charge in [-0.1, -0.05) is 18.2 Å². The summed E-state index contributed by atoms with van der Waals surface area (Å²) in [6, 6.07) is 18.7. The van der Waals surface area contributed by atoms with Crippen molar-refractivity contribution in [1.29, 1.82) is 0 Å². The van der Waals surface area contributed by atoms with Gasteiger partial charge >= 0.3 is 5.97 Å². The van der Waals surface area contributed by atoms with E-state index in [2.05, 4.69) is 10.3 Å². The number of aromatic nitrogens is 2. The van der Waals surface area contributed by atoms with E-state index in [0.717, 1.165) is 16.9 Å². The molecule has 6 nitrogen and oxygen atoms in total. The highest BCUT2D eigenvalue weighted by Gasteiger charge is 2.12. The summed E-state index contributed by atoms with van der Waals surface area (Å²) in [6.45, 7) is 2.01. The van der Waals surface area contributed by atoms with Gasteiger partial charge in [-0.05, 0) is 55.0 Å². The van der Waals surface area contributed by atoms with E-state index in [4.69, 9.17) is 4.74 Å². The van der Waals surface area contributed by atoms with Crippen molar-refractivity contribution in [3.63, 3.8) is 0 Å². The highest BCUT2D eigenvalue weighted by Crippen LogP contribution is 2.17. The van der Waals surface area contributed by atoms with Gasteiger partial charge < -0.3 is 14.6 Å². The molecule has 0 bridgehead atoms. The highest BCUT2D eigenvalue weighted by atomic mass is 32.1. The lowest BCUT2D eigenvalue weighted by Crippen LogP contribution is -2.15. The Morgan fingerprint density at radius 1 is 1.03 bits per heavy atom. The van der Waals surface area contributed by atoms with Crippen LogP contribution in [0.15, 0.2) is 78.4 Å². The first-order valence-corrected chi connectivity index (χ1v) is 10.7. The van der Waals surface area contributed by atoms with Gasteiger partial charge in [0.15, 0.2) is 0 Å². The molecule has 156 valence electrons. The fraction of sp³-hybridized carbons (Fsp3) is 0.125. The van der Waals surface area contributed by atoms with Crippen LogP contribution >= 0.6 is 11.3 Å². The molecule has 4 aromatic rings. The zero-order valence-corrected chi connectivity index (χ0v) is 17.8. The maximum absolute atomic E-state index is 12.3. The molecule has 0 fully saturated rings. The molecule has 0 spiro atoms. The van der Waals surface area contributed by atoms with Crippen LogP contribution in [0.4, 0.5) is 5.69 Å². The van der Waals surface area contributed by atoms with Gasteiger partial charge in [-0.3, -0.25) is 4.79 Å². The van der Waals surface area contributed by atoms with Gasteiger partial charge in [0, 0.05) is 29.1 Å². The number of hydrogen-bond acceptors (Lipinski definition) is 5. The lowest BCUT2D eigenvalue weighted by atomic mass is 10.2. The van der Waals surface area contributed by atoms with Crippen LogP contribution in [0.2, 0.25) is 0 Å². The average molecular weight is 432 g/mol. The molecule has 7 heteroatoms. The number of amides is 1. The SMILES string of the molecule is Cc1ccccc1NC(=O)Cc1nc(COC(=O)c2ccc(-n3cccc3)cc2)cs1. The first-order chi connectivity index (χ1) is 15.1. The van der Waals surface area contributed by atoms with Crippen LogP contribution in [0, 0.1) is 6.92 Å². The molecule has 0 unspecified atom stereocenters. The van der Waals surface area contributed by atoms with Crippen molar-refractivity contribution in [3.8, 4) is 5.69 Å². The number of carbonyl (C=O) groups excluding carboxylic acids is 2. The predicted molar refractivity (Wildman–Crippen MR) is 121 cm³/mol. The molecular formula is C24H21N3O3S. The second-order valence-corrected chi connectivity index (χ2v) is 7.93. The smallest absolute Gasteiger partial charge is 0.338 e. The summed E-state index contributed by atoms with van der Waals surface area (Å²) in [4.78, 5) is 29.0. The van der Waals surface area contributed by atoms with Crippen LogP contribution in [-0.4, -0.2) is 21.4 Å². The first kappa shape index (κ1) is 20.6. The van der Waals surface area contributed by atoms with Crippen LogP contribution < -0.4 is 5.32 Å². The monoisotopic (exact) mass is 431 g/mol. The summed E-state index contributed by atoms with van der Waals surface area (Å²) in [7, 11) is 0. The molecule has 0 radical (unpaired) electrons. The Morgan fingerprint density at radius 2 is 1.77 bits per heavy atom. The number of aryl methyl sites for hydroxylation is 1. The van der Waals surface area contributed by atoms with Crippen molar-refractivity contribution in [2.75, 3.05) is 5.32 Å². The third kappa shape index (κ3) is 5.26. The lowest BCUT2D eigenvalue weighted by Gasteiger charge is -2.07. The molecule has 1 amide bonds. The maximum Gasteiger partial charge on any atom is 0.338 e. The van der Waals surface area contributed by atoms with Crippen molar-refractivity contribution in [1.82, 2.24) is 9.55 Å². The molecule has 0 saturated carbocycles. The molecule has 2 aromatic heterocycles. The van der Waals surface area contributed by atoms with Crippen LogP contribution in [0.5, 0.6) is 0 Å². The summed E-state index contributed by atoms with van der Waals surface area (Å²) in [5.41, 5.74) is 3.87. The summed E-state index contributed by atoms with van der Waals surface area (Å²) < 4.78 is 7.33. The molecule has 2 heterocycles.